The lowest BCUT2D eigenvalue weighted by molar-refractivity contribution is -0.137. The Morgan fingerprint density at radius 3 is 2.50 bits per heavy atom. The zero-order valence-corrected chi connectivity index (χ0v) is 11.5. The number of rotatable bonds is 1. The van der Waals surface area contributed by atoms with E-state index < -0.39 is 11.7 Å². The second-order valence-corrected chi connectivity index (χ2v) is 5.16. The molecule has 0 bridgehead atoms. The molecular weight excluding hydrogens is 291 g/mol. The fourth-order valence-corrected chi connectivity index (χ4v) is 2.46. The summed E-state index contributed by atoms with van der Waals surface area (Å²) in [5.41, 5.74) is 1.41. The monoisotopic (exact) mass is 303 g/mol. The first kappa shape index (κ1) is 14.5. The largest absolute Gasteiger partial charge is 0.416 e. The quantitative estimate of drug-likeness (QED) is 0.770. The van der Waals surface area contributed by atoms with Gasteiger partial charge >= 0.3 is 6.18 Å². The number of para-hydroxylation sites is 1. The highest BCUT2D eigenvalue weighted by atomic mass is 19.4. The van der Waals surface area contributed by atoms with Crippen molar-refractivity contribution in [1.29, 1.82) is 0 Å². The van der Waals surface area contributed by atoms with E-state index in [0.29, 0.717) is 17.0 Å². The van der Waals surface area contributed by atoms with Gasteiger partial charge in [-0.05, 0) is 29.3 Å². The number of nitrogens with zero attached hydrogens (tertiary/aromatic N) is 1. The highest BCUT2D eigenvalue weighted by molar-refractivity contribution is 6.13. The Morgan fingerprint density at radius 1 is 0.955 bits per heavy atom. The number of hydrogen-bond acceptors (Lipinski definition) is 2. The van der Waals surface area contributed by atoms with Crippen LogP contribution in [-0.2, 0) is 17.4 Å². The van der Waals surface area contributed by atoms with E-state index in [-0.39, 0.29) is 18.6 Å². The number of hydrogen-bond donors (Lipinski definition) is 0. The Hall–Kier alpha value is -2.43. The summed E-state index contributed by atoms with van der Waals surface area (Å²) in [4.78, 5) is 16.4. The molecule has 0 fully saturated rings. The molecule has 5 heteroatoms. The molecule has 0 radical (unpaired) electrons. The van der Waals surface area contributed by atoms with Gasteiger partial charge < -0.3 is 0 Å². The molecule has 0 aliphatic carbocycles. The molecule has 0 amide bonds. The van der Waals surface area contributed by atoms with Crippen molar-refractivity contribution in [1.82, 2.24) is 0 Å². The molecule has 0 saturated carbocycles. The molecule has 112 valence electrons. The number of benzene rings is 2. The van der Waals surface area contributed by atoms with Gasteiger partial charge in [0.25, 0.3) is 0 Å². The first-order valence-electron chi connectivity index (χ1n) is 6.78. The Labute approximate surface area is 125 Å². The third-order valence-corrected chi connectivity index (χ3v) is 3.52. The summed E-state index contributed by atoms with van der Waals surface area (Å²) in [7, 11) is 0. The minimum absolute atomic E-state index is 0.0377. The number of halogens is 3. The summed E-state index contributed by atoms with van der Waals surface area (Å²) < 4.78 is 38.5. The van der Waals surface area contributed by atoms with Crippen LogP contribution < -0.4 is 0 Å². The van der Waals surface area contributed by atoms with E-state index in [9.17, 15) is 18.0 Å². The number of aliphatic imine (C=N–C) groups is 1. The van der Waals surface area contributed by atoms with Crippen LogP contribution in [-0.4, -0.2) is 11.5 Å². The number of Topliss-reactive ketones (excluding diaryl/α,β-unsaturated/α-hetero) is 1. The van der Waals surface area contributed by atoms with Gasteiger partial charge in [0.1, 0.15) is 5.78 Å². The van der Waals surface area contributed by atoms with Crippen LogP contribution in [0.4, 0.5) is 18.9 Å². The van der Waals surface area contributed by atoms with E-state index in [1.165, 1.54) is 6.07 Å². The molecular formula is C17H12F3NO. The van der Waals surface area contributed by atoms with Gasteiger partial charge in [-0.25, -0.2) is 0 Å². The molecule has 0 saturated heterocycles. The standard InChI is InChI=1S/C17H12F3NO/c18-17(19,20)13-6-3-5-11(8-13)16-10-14(22)9-12-4-1-2-7-15(12)21-16/h1-8H,9-10H2. The number of carbonyl (C=O) groups excluding carboxylic acids is 1. The normalized spacial score (nSPS) is 15.0. The molecule has 1 heterocycles. The number of alkyl halides is 3. The van der Waals surface area contributed by atoms with Gasteiger partial charge in [-0.3, -0.25) is 9.79 Å². The summed E-state index contributed by atoms with van der Waals surface area (Å²) in [6.07, 6.45) is -4.12. The lowest BCUT2D eigenvalue weighted by Crippen LogP contribution is -2.11. The topological polar surface area (TPSA) is 29.4 Å². The highest BCUT2D eigenvalue weighted by Crippen LogP contribution is 2.31. The average molecular weight is 303 g/mol. The van der Waals surface area contributed by atoms with Crippen molar-refractivity contribution in [3.63, 3.8) is 0 Å². The molecule has 2 aromatic carbocycles. The van der Waals surface area contributed by atoms with Gasteiger partial charge in [-0.1, -0.05) is 30.3 Å². The number of ketones is 1. The maximum absolute atomic E-state index is 12.8. The van der Waals surface area contributed by atoms with Gasteiger partial charge in [0.2, 0.25) is 0 Å². The molecule has 1 aliphatic heterocycles. The fraction of sp³-hybridized carbons (Fsp3) is 0.176. The molecule has 2 nitrogen and oxygen atoms in total. The minimum atomic E-state index is -4.41. The molecule has 0 atom stereocenters. The summed E-state index contributed by atoms with van der Waals surface area (Å²) in [5, 5.41) is 0. The Bertz CT molecular complexity index is 762. The van der Waals surface area contributed by atoms with Crippen LogP contribution in [0.3, 0.4) is 0 Å². The second-order valence-electron chi connectivity index (χ2n) is 5.16. The summed E-state index contributed by atoms with van der Waals surface area (Å²) in [6.45, 7) is 0. The first-order chi connectivity index (χ1) is 10.4. The van der Waals surface area contributed by atoms with Gasteiger partial charge in [-0.15, -0.1) is 0 Å². The van der Waals surface area contributed by atoms with Crippen LogP contribution in [0, 0.1) is 0 Å². The third-order valence-electron chi connectivity index (χ3n) is 3.52. The SMILES string of the molecule is O=C1CC(c2cccc(C(F)(F)F)c2)=Nc2ccccc2C1. The van der Waals surface area contributed by atoms with E-state index in [2.05, 4.69) is 4.99 Å². The van der Waals surface area contributed by atoms with Crippen LogP contribution in [0.25, 0.3) is 0 Å². The van der Waals surface area contributed by atoms with Gasteiger partial charge in [-0.2, -0.15) is 13.2 Å². The number of carbonyl (C=O) groups is 1. The summed E-state index contributed by atoms with van der Waals surface area (Å²) in [6, 6.07) is 12.1. The van der Waals surface area contributed by atoms with Gasteiger partial charge in [0.05, 0.1) is 17.0 Å². The predicted molar refractivity (Wildman–Crippen MR) is 77.4 cm³/mol. The van der Waals surface area contributed by atoms with Gasteiger partial charge in [0, 0.05) is 12.8 Å². The maximum Gasteiger partial charge on any atom is 0.416 e. The molecule has 0 unspecified atom stereocenters. The van der Waals surface area contributed by atoms with Crippen molar-refractivity contribution < 1.29 is 18.0 Å². The molecule has 1 aliphatic rings. The molecule has 3 rings (SSSR count). The smallest absolute Gasteiger partial charge is 0.299 e. The molecule has 22 heavy (non-hydrogen) atoms. The average Bonchev–Trinajstić information content (AvgIpc) is 2.64. The van der Waals surface area contributed by atoms with Crippen molar-refractivity contribution in [3.8, 4) is 0 Å². The van der Waals surface area contributed by atoms with Crippen molar-refractivity contribution in [2.24, 2.45) is 4.99 Å². The summed E-state index contributed by atoms with van der Waals surface area (Å²) in [5.74, 6) is -0.0545. The third kappa shape index (κ3) is 2.93. The van der Waals surface area contributed by atoms with Gasteiger partial charge in [0.15, 0.2) is 0 Å². The molecule has 2 aromatic rings. The van der Waals surface area contributed by atoms with E-state index in [1.807, 2.05) is 12.1 Å². The van der Waals surface area contributed by atoms with Crippen molar-refractivity contribution >= 4 is 17.2 Å². The van der Waals surface area contributed by atoms with Crippen LogP contribution >= 0.6 is 0 Å². The number of fused-ring (bicyclic) bond motifs is 1. The lowest BCUT2D eigenvalue weighted by atomic mass is 10.0. The highest BCUT2D eigenvalue weighted by Gasteiger charge is 2.31. The van der Waals surface area contributed by atoms with E-state index in [0.717, 1.165) is 17.7 Å². The van der Waals surface area contributed by atoms with Crippen LogP contribution in [0.1, 0.15) is 23.1 Å². The Kier molecular flexibility index (Phi) is 3.56. The van der Waals surface area contributed by atoms with Crippen LogP contribution in [0.5, 0.6) is 0 Å². The van der Waals surface area contributed by atoms with E-state index in [4.69, 9.17) is 0 Å². The minimum Gasteiger partial charge on any atom is -0.299 e. The Balaban J connectivity index is 2.08. The van der Waals surface area contributed by atoms with Crippen LogP contribution in [0.2, 0.25) is 0 Å². The maximum atomic E-state index is 12.8. The summed E-state index contributed by atoms with van der Waals surface area (Å²) >= 11 is 0. The lowest BCUT2D eigenvalue weighted by Gasteiger charge is -2.09. The zero-order chi connectivity index (χ0) is 15.7. The fourth-order valence-electron chi connectivity index (χ4n) is 2.46. The molecule has 0 aromatic heterocycles. The van der Waals surface area contributed by atoms with Crippen molar-refractivity contribution in [2.45, 2.75) is 19.0 Å². The van der Waals surface area contributed by atoms with E-state index in [1.54, 1.807) is 18.2 Å². The van der Waals surface area contributed by atoms with Crippen LogP contribution in [0.15, 0.2) is 53.5 Å². The Morgan fingerprint density at radius 2 is 1.73 bits per heavy atom. The van der Waals surface area contributed by atoms with E-state index >= 15 is 0 Å². The zero-order valence-electron chi connectivity index (χ0n) is 11.5. The molecule has 0 spiro atoms. The molecule has 0 N–H and O–H groups in total. The second kappa shape index (κ2) is 5.40. The van der Waals surface area contributed by atoms with Crippen molar-refractivity contribution in [2.75, 3.05) is 0 Å². The van der Waals surface area contributed by atoms with Crippen molar-refractivity contribution in [3.05, 3.63) is 65.2 Å². The first-order valence-corrected chi connectivity index (χ1v) is 6.78. The predicted octanol–water partition coefficient (Wildman–Crippen LogP) is 4.34.